The zero-order valence-corrected chi connectivity index (χ0v) is 13.1. The Bertz CT molecular complexity index is 307. The molecule has 5 nitrogen and oxygen atoms in total. The number of rotatable bonds is 5. The van der Waals surface area contributed by atoms with Gasteiger partial charge in [-0.05, 0) is 39.8 Å². The second kappa shape index (κ2) is 7.38. The molecule has 0 saturated carbocycles. The number of likely N-dealkylation sites (tertiary alicyclic amines) is 1. The van der Waals surface area contributed by atoms with E-state index in [-0.39, 0.29) is 5.91 Å². The molecule has 0 aromatic rings. The summed E-state index contributed by atoms with van der Waals surface area (Å²) in [7, 11) is 0. The van der Waals surface area contributed by atoms with E-state index in [4.69, 9.17) is 0 Å². The molecule has 0 radical (unpaired) electrons. The van der Waals surface area contributed by atoms with Gasteiger partial charge < -0.3 is 15.5 Å². The number of carbonyl (C=O) groups excluding carboxylic acids is 1. The Labute approximate surface area is 123 Å². The lowest BCUT2D eigenvalue weighted by molar-refractivity contribution is -0.132. The fourth-order valence-corrected chi connectivity index (χ4v) is 3.09. The van der Waals surface area contributed by atoms with E-state index in [2.05, 4.69) is 20.4 Å². The molecule has 2 aliphatic rings. The lowest BCUT2D eigenvalue weighted by atomic mass is 10.0. The molecule has 0 atom stereocenters. The van der Waals surface area contributed by atoms with E-state index in [0.29, 0.717) is 0 Å². The zero-order chi connectivity index (χ0) is 14.4. The molecule has 1 amide bonds. The molecule has 2 aliphatic heterocycles. The van der Waals surface area contributed by atoms with Crippen molar-refractivity contribution in [2.75, 3.05) is 52.4 Å². The monoisotopic (exact) mass is 282 g/mol. The number of carbonyl (C=O) groups is 1. The number of hydrogen-bond acceptors (Lipinski definition) is 4. The van der Waals surface area contributed by atoms with Crippen LogP contribution in [0.5, 0.6) is 0 Å². The Hall–Kier alpha value is -0.650. The van der Waals surface area contributed by atoms with Crippen LogP contribution in [0.3, 0.4) is 0 Å². The fraction of sp³-hybridized carbons (Fsp3) is 0.933. The lowest BCUT2D eigenvalue weighted by Crippen LogP contribution is -2.60. The van der Waals surface area contributed by atoms with Gasteiger partial charge in [-0.15, -0.1) is 0 Å². The van der Waals surface area contributed by atoms with Gasteiger partial charge in [0, 0.05) is 39.3 Å². The normalized spacial score (nSPS) is 22.7. The highest BCUT2D eigenvalue weighted by Crippen LogP contribution is 2.15. The van der Waals surface area contributed by atoms with E-state index in [1.807, 2.05) is 13.8 Å². The molecule has 0 aromatic heterocycles. The fourth-order valence-electron chi connectivity index (χ4n) is 3.09. The van der Waals surface area contributed by atoms with E-state index in [1.165, 1.54) is 32.4 Å². The second-order valence-corrected chi connectivity index (χ2v) is 6.45. The van der Waals surface area contributed by atoms with Gasteiger partial charge in [0.15, 0.2) is 0 Å². The van der Waals surface area contributed by atoms with Crippen molar-refractivity contribution in [1.29, 1.82) is 0 Å². The molecule has 116 valence electrons. The summed E-state index contributed by atoms with van der Waals surface area (Å²) in [5.41, 5.74) is -0.399. The molecule has 2 fully saturated rings. The topological polar surface area (TPSA) is 47.6 Å². The number of hydrogen-bond donors (Lipinski definition) is 2. The Morgan fingerprint density at radius 3 is 2.40 bits per heavy atom. The summed E-state index contributed by atoms with van der Waals surface area (Å²) in [6, 6.07) is 0. The average Bonchev–Trinajstić information content (AvgIpc) is 2.49. The van der Waals surface area contributed by atoms with Crippen LogP contribution in [-0.2, 0) is 4.79 Å². The standard InChI is InChI=1S/C15H30N4O/c1-15(2,19-12-6-16-7-13-19)14(20)17-8-11-18-9-4-3-5-10-18/h16H,3-13H2,1-2H3,(H,17,20). The van der Waals surface area contributed by atoms with Gasteiger partial charge in [-0.3, -0.25) is 9.69 Å². The third-order valence-corrected chi connectivity index (χ3v) is 4.63. The number of nitrogens with zero attached hydrogens (tertiary/aromatic N) is 2. The molecule has 20 heavy (non-hydrogen) atoms. The number of amides is 1. The molecule has 0 aliphatic carbocycles. The van der Waals surface area contributed by atoms with Crippen LogP contribution in [-0.4, -0.2) is 73.6 Å². The van der Waals surface area contributed by atoms with Crippen LogP contribution in [0, 0.1) is 0 Å². The summed E-state index contributed by atoms with van der Waals surface area (Å²) in [6.07, 6.45) is 3.97. The van der Waals surface area contributed by atoms with E-state index < -0.39 is 5.54 Å². The molecule has 2 saturated heterocycles. The van der Waals surface area contributed by atoms with Crippen molar-refractivity contribution < 1.29 is 4.79 Å². The van der Waals surface area contributed by atoms with Gasteiger partial charge in [0.1, 0.15) is 0 Å². The number of piperidine rings is 1. The summed E-state index contributed by atoms with van der Waals surface area (Å²) >= 11 is 0. The molecule has 0 unspecified atom stereocenters. The van der Waals surface area contributed by atoms with E-state index in [0.717, 1.165) is 39.3 Å². The zero-order valence-electron chi connectivity index (χ0n) is 13.1. The highest BCUT2D eigenvalue weighted by Gasteiger charge is 2.34. The molecule has 0 bridgehead atoms. The smallest absolute Gasteiger partial charge is 0.239 e. The van der Waals surface area contributed by atoms with Crippen molar-refractivity contribution in [3.63, 3.8) is 0 Å². The van der Waals surface area contributed by atoms with Crippen LogP contribution >= 0.6 is 0 Å². The number of nitrogens with one attached hydrogen (secondary N) is 2. The van der Waals surface area contributed by atoms with Crippen molar-refractivity contribution in [1.82, 2.24) is 20.4 Å². The molecular weight excluding hydrogens is 252 g/mol. The van der Waals surface area contributed by atoms with Crippen molar-refractivity contribution in [3.05, 3.63) is 0 Å². The molecule has 2 heterocycles. The average molecular weight is 282 g/mol. The summed E-state index contributed by atoms with van der Waals surface area (Å²) < 4.78 is 0. The first-order valence-corrected chi connectivity index (χ1v) is 8.07. The molecule has 0 aromatic carbocycles. The van der Waals surface area contributed by atoms with Gasteiger partial charge in [0.2, 0.25) is 5.91 Å². The Kier molecular flexibility index (Phi) is 5.81. The van der Waals surface area contributed by atoms with Gasteiger partial charge in [0.05, 0.1) is 5.54 Å². The summed E-state index contributed by atoms with van der Waals surface area (Å²) in [5, 5.41) is 6.46. The Morgan fingerprint density at radius 1 is 1.10 bits per heavy atom. The minimum atomic E-state index is -0.399. The predicted octanol–water partition coefficient (Wildman–Crippen LogP) is 0.272. The molecule has 5 heteroatoms. The highest BCUT2D eigenvalue weighted by atomic mass is 16.2. The first kappa shape index (κ1) is 15.7. The lowest BCUT2D eigenvalue weighted by Gasteiger charge is -2.40. The van der Waals surface area contributed by atoms with Crippen LogP contribution in [0.1, 0.15) is 33.1 Å². The van der Waals surface area contributed by atoms with Crippen molar-refractivity contribution in [3.8, 4) is 0 Å². The molecule has 0 spiro atoms. The molecular formula is C15H30N4O. The second-order valence-electron chi connectivity index (χ2n) is 6.45. The SMILES string of the molecule is CC(C)(C(=O)NCCN1CCCCC1)N1CCNCC1. The third kappa shape index (κ3) is 4.17. The van der Waals surface area contributed by atoms with Gasteiger partial charge >= 0.3 is 0 Å². The Morgan fingerprint density at radius 2 is 1.75 bits per heavy atom. The third-order valence-electron chi connectivity index (χ3n) is 4.63. The minimum absolute atomic E-state index is 0.163. The summed E-state index contributed by atoms with van der Waals surface area (Å²) in [4.78, 5) is 17.2. The van der Waals surface area contributed by atoms with Crippen molar-refractivity contribution in [2.24, 2.45) is 0 Å². The number of piperazine rings is 1. The highest BCUT2D eigenvalue weighted by molar-refractivity contribution is 5.85. The van der Waals surface area contributed by atoms with Crippen LogP contribution < -0.4 is 10.6 Å². The Balaban J connectivity index is 1.72. The van der Waals surface area contributed by atoms with Gasteiger partial charge in [-0.25, -0.2) is 0 Å². The predicted molar refractivity (Wildman–Crippen MR) is 81.8 cm³/mol. The maximum absolute atomic E-state index is 12.4. The minimum Gasteiger partial charge on any atom is -0.353 e. The van der Waals surface area contributed by atoms with Crippen LogP contribution in [0.2, 0.25) is 0 Å². The maximum atomic E-state index is 12.4. The van der Waals surface area contributed by atoms with E-state index >= 15 is 0 Å². The van der Waals surface area contributed by atoms with Gasteiger partial charge in [0.25, 0.3) is 0 Å². The maximum Gasteiger partial charge on any atom is 0.239 e. The molecule has 2 rings (SSSR count). The molecule has 2 N–H and O–H groups in total. The largest absolute Gasteiger partial charge is 0.353 e. The quantitative estimate of drug-likeness (QED) is 0.760. The van der Waals surface area contributed by atoms with E-state index in [1.54, 1.807) is 0 Å². The first-order valence-electron chi connectivity index (χ1n) is 8.07. The van der Waals surface area contributed by atoms with Crippen molar-refractivity contribution >= 4 is 5.91 Å². The van der Waals surface area contributed by atoms with E-state index in [9.17, 15) is 4.79 Å². The van der Waals surface area contributed by atoms with Gasteiger partial charge in [-0.2, -0.15) is 0 Å². The van der Waals surface area contributed by atoms with Crippen molar-refractivity contribution in [2.45, 2.75) is 38.6 Å². The van der Waals surface area contributed by atoms with Crippen LogP contribution in [0.25, 0.3) is 0 Å². The van der Waals surface area contributed by atoms with Gasteiger partial charge in [-0.1, -0.05) is 6.42 Å². The summed E-state index contributed by atoms with van der Waals surface area (Å²) in [5.74, 6) is 0.163. The first-order chi connectivity index (χ1) is 9.60. The summed E-state index contributed by atoms with van der Waals surface area (Å²) in [6.45, 7) is 12.1. The van der Waals surface area contributed by atoms with Crippen LogP contribution in [0.15, 0.2) is 0 Å². The van der Waals surface area contributed by atoms with Crippen LogP contribution in [0.4, 0.5) is 0 Å².